The van der Waals surface area contributed by atoms with Crippen molar-refractivity contribution in [3.05, 3.63) is 84.2 Å². The molecule has 0 aliphatic carbocycles. The summed E-state index contributed by atoms with van der Waals surface area (Å²) in [6, 6.07) is 20.0. The number of anilines is 1. The quantitative estimate of drug-likeness (QED) is 0.681. The maximum Gasteiger partial charge on any atom is 0.231 e. The highest BCUT2D eigenvalue weighted by Crippen LogP contribution is 2.36. The van der Waals surface area contributed by atoms with E-state index in [1.807, 2.05) is 59.6 Å². The molecular formula is C21H19N3O2S. The third-order valence-electron chi connectivity index (χ3n) is 4.26. The summed E-state index contributed by atoms with van der Waals surface area (Å²) in [5.41, 5.74) is 3.18. The van der Waals surface area contributed by atoms with Crippen molar-refractivity contribution in [2.24, 2.45) is 0 Å². The Morgan fingerprint density at radius 2 is 1.81 bits per heavy atom. The molecule has 3 aromatic rings. The van der Waals surface area contributed by atoms with Gasteiger partial charge in [0, 0.05) is 30.7 Å². The van der Waals surface area contributed by atoms with E-state index in [4.69, 9.17) is 21.7 Å². The second-order valence-electron chi connectivity index (χ2n) is 6.13. The number of aromatic nitrogens is 1. The molecule has 0 spiro atoms. The second-order valence-corrected chi connectivity index (χ2v) is 6.52. The van der Waals surface area contributed by atoms with Gasteiger partial charge in [-0.05, 0) is 41.5 Å². The molecule has 0 unspecified atom stereocenters. The van der Waals surface area contributed by atoms with Gasteiger partial charge in [0.1, 0.15) is 0 Å². The zero-order valence-electron chi connectivity index (χ0n) is 14.7. The van der Waals surface area contributed by atoms with Crippen molar-refractivity contribution in [2.45, 2.75) is 13.1 Å². The summed E-state index contributed by atoms with van der Waals surface area (Å²) in [5.74, 6) is 1.48. The second kappa shape index (κ2) is 8.05. The Morgan fingerprint density at radius 1 is 1.00 bits per heavy atom. The lowest BCUT2D eigenvalue weighted by atomic mass is 10.2. The van der Waals surface area contributed by atoms with Gasteiger partial charge in [-0.1, -0.05) is 36.4 Å². The van der Waals surface area contributed by atoms with Gasteiger partial charge in [0.15, 0.2) is 16.6 Å². The van der Waals surface area contributed by atoms with Crippen molar-refractivity contribution < 1.29 is 9.47 Å². The standard InChI is InChI=1S/C21H19N3O2S/c27-21(23-13-16-5-2-1-3-6-16)24(14-17-7-4-10-22-12-17)18-8-9-19-20(11-18)26-15-25-19/h1-12H,13-15H2,(H,23,27). The Labute approximate surface area is 163 Å². The van der Waals surface area contributed by atoms with E-state index >= 15 is 0 Å². The highest BCUT2D eigenvalue weighted by Gasteiger charge is 2.18. The average molecular weight is 377 g/mol. The van der Waals surface area contributed by atoms with E-state index in [2.05, 4.69) is 22.4 Å². The largest absolute Gasteiger partial charge is 0.454 e. The lowest BCUT2D eigenvalue weighted by Crippen LogP contribution is -2.39. The minimum atomic E-state index is 0.248. The molecule has 1 aromatic heterocycles. The van der Waals surface area contributed by atoms with Crippen LogP contribution >= 0.6 is 12.2 Å². The van der Waals surface area contributed by atoms with Gasteiger partial charge in [0.05, 0.1) is 6.54 Å². The molecule has 0 radical (unpaired) electrons. The summed E-state index contributed by atoms with van der Waals surface area (Å²) in [6.45, 7) is 1.51. The van der Waals surface area contributed by atoms with Crippen molar-refractivity contribution in [1.29, 1.82) is 0 Å². The number of fused-ring (bicyclic) bond motifs is 1. The molecule has 6 heteroatoms. The number of thiocarbonyl (C=S) groups is 1. The zero-order chi connectivity index (χ0) is 18.5. The number of benzene rings is 2. The Balaban J connectivity index is 1.56. The van der Waals surface area contributed by atoms with Crippen LogP contribution in [0, 0.1) is 0 Å². The van der Waals surface area contributed by atoms with Gasteiger partial charge in [0.2, 0.25) is 6.79 Å². The molecule has 4 rings (SSSR count). The summed E-state index contributed by atoms with van der Waals surface area (Å²) in [6.07, 6.45) is 3.61. The number of nitrogens with zero attached hydrogens (tertiary/aromatic N) is 2. The van der Waals surface area contributed by atoms with Gasteiger partial charge in [-0.3, -0.25) is 4.98 Å². The van der Waals surface area contributed by atoms with E-state index < -0.39 is 0 Å². The summed E-state index contributed by atoms with van der Waals surface area (Å²) < 4.78 is 10.9. The topological polar surface area (TPSA) is 46.6 Å². The van der Waals surface area contributed by atoms with Crippen molar-refractivity contribution in [1.82, 2.24) is 10.3 Å². The van der Waals surface area contributed by atoms with Crippen LogP contribution in [0.5, 0.6) is 11.5 Å². The Morgan fingerprint density at radius 3 is 2.63 bits per heavy atom. The molecule has 0 fully saturated rings. The molecule has 27 heavy (non-hydrogen) atoms. The van der Waals surface area contributed by atoms with E-state index in [0.717, 1.165) is 22.7 Å². The highest BCUT2D eigenvalue weighted by atomic mass is 32.1. The van der Waals surface area contributed by atoms with Crippen molar-refractivity contribution >= 4 is 23.0 Å². The molecule has 0 bridgehead atoms. The van der Waals surface area contributed by atoms with Crippen LogP contribution < -0.4 is 19.7 Å². The molecule has 5 nitrogen and oxygen atoms in total. The van der Waals surface area contributed by atoms with Crippen molar-refractivity contribution in [3.8, 4) is 11.5 Å². The summed E-state index contributed by atoms with van der Waals surface area (Å²) >= 11 is 5.71. The van der Waals surface area contributed by atoms with Gasteiger partial charge in [-0.2, -0.15) is 0 Å². The van der Waals surface area contributed by atoms with E-state index in [1.165, 1.54) is 5.56 Å². The van der Waals surface area contributed by atoms with Crippen LogP contribution in [0.3, 0.4) is 0 Å². The smallest absolute Gasteiger partial charge is 0.231 e. The molecule has 136 valence electrons. The molecule has 1 N–H and O–H groups in total. The predicted molar refractivity (Wildman–Crippen MR) is 109 cm³/mol. The van der Waals surface area contributed by atoms with Crippen LogP contribution in [0.15, 0.2) is 73.1 Å². The third kappa shape index (κ3) is 4.17. The Bertz CT molecular complexity index is 919. The van der Waals surface area contributed by atoms with Crippen LogP contribution in [-0.2, 0) is 13.1 Å². The van der Waals surface area contributed by atoms with Crippen LogP contribution in [0.4, 0.5) is 5.69 Å². The number of hydrogen-bond donors (Lipinski definition) is 1. The maximum atomic E-state index is 5.71. The minimum absolute atomic E-state index is 0.248. The normalized spacial score (nSPS) is 11.9. The highest BCUT2D eigenvalue weighted by molar-refractivity contribution is 7.80. The molecular weight excluding hydrogens is 358 g/mol. The number of ether oxygens (including phenoxy) is 2. The first kappa shape index (κ1) is 17.3. The lowest BCUT2D eigenvalue weighted by molar-refractivity contribution is 0.174. The van der Waals surface area contributed by atoms with Crippen molar-refractivity contribution in [3.63, 3.8) is 0 Å². The minimum Gasteiger partial charge on any atom is -0.454 e. The van der Waals surface area contributed by atoms with Gasteiger partial charge in [-0.25, -0.2) is 0 Å². The van der Waals surface area contributed by atoms with E-state index in [9.17, 15) is 0 Å². The van der Waals surface area contributed by atoms with Crippen molar-refractivity contribution in [2.75, 3.05) is 11.7 Å². The lowest BCUT2D eigenvalue weighted by Gasteiger charge is -2.26. The fourth-order valence-electron chi connectivity index (χ4n) is 2.88. The number of hydrogen-bond acceptors (Lipinski definition) is 4. The van der Waals surface area contributed by atoms with Crippen LogP contribution in [-0.4, -0.2) is 16.9 Å². The predicted octanol–water partition coefficient (Wildman–Crippen LogP) is 3.89. The van der Waals surface area contributed by atoms with Gasteiger partial charge in [0.25, 0.3) is 0 Å². The van der Waals surface area contributed by atoms with Crippen LogP contribution in [0.1, 0.15) is 11.1 Å². The van der Waals surface area contributed by atoms with Gasteiger partial charge in [-0.15, -0.1) is 0 Å². The molecule has 0 saturated carbocycles. The first-order valence-corrected chi connectivity index (χ1v) is 9.08. The first-order chi connectivity index (χ1) is 13.3. The average Bonchev–Trinajstić information content (AvgIpc) is 3.19. The molecule has 1 aliphatic rings. The summed E-state index contributed by atoms with van der Waals surface area (Å²) in [4.78, 5) is 6.25. The number of nitrogens with one attached hydrogen (secondary N) is 1. The van der Waals surface area contributed by atoms with E-state index in [1.54, 1.807) is 6.20 Å². The fourth-order valence-corrected chi connectivity index (χ4v) is 3.12. The Kier molecular flexibility index (Phi) is 5.16. The summed E-state index contributed by atoms with van der Waals surface area (Å²) in [7, 11) is 0. The molecule has 2 heterocycles. The third-order valence-corrected chi connectivity index (χ3v) is 4.63. The van der Waals surface area contributed by atoms with Gasteiger partial charge >= 0.3 is 0 Å². The summed E-state index contributed by atoms with van der Waals surface area (Å²) in [5, 5.41) is 3.99. The van der Waals surface area contributed by atoms with Gasteiger partial charge < -0.3 is 19.7 Å². The fraction of sp³-hybridized carbons (Fsp3) is 0.143. The monoisotopic (exact) mass is 377 g/mol. The Hall–Kier alpha value is -3.12. The first-order valence-electron chi connectivity index (χ1n) is 8.67. The zero-order valence-corrected chi connectivity index (χ0v) is 15.5. The maximum absolute atomic E-state index is 5.71. The molecule has 1 aliphatic heterocycles. The molecule has 0 atom stereocenters. The van der Waals surface area contributed by atoms with E-state index in [0.29, 0.717) is 18.2 Å². The SMILES string of the molecule is S=C(NCc1ccccc1)N(Cc1cccnc1)c1ccc2c(c1)OCO2. The van der Waals surface area contributed by atoms with E-state index in [-0.39, 0.29) is 6.79 Å². The number of rotatable bonds is 5. The van der Waals surface area contributed by atoms with Crippen LogP contribution in [0.25, 0.3) is 0 Å². The number of pyridine rings is 1. The molecule has 0 amide bonds. The van der Waals surface area contributed by atoms with Crippen LogP contribution in [0.2, 0.25) is 0 Å². The molecule has 2 aromatic carbocycles. The molecule has 0 saturated heterocycles.